The summed E-state index contributed by atoms with van der Waals surface area (Å²) in [5.41, 5.74) is 4.98. The zero-order valence-electron chi connectivity index (χ0n) is 10.8. The predicted molar refractivity (Wildman–Crippen MR) is 77.2 cm³/mol. The molecule has 2 aliphatic heterocycles. The number of hydrogen-bond acceptors (Lipinski definition) is 3. The number of benzene rings is 2. The van der Waals surface area contributed by atoms with Crippen molar-refractivity contribution < 1.29 is 9.90 Å². The van der Waals surface area contributed by atoms with Gasteiger partial charge in [0, 0.05) is 29.2 Å². The number of aliphatic hydroxyl groups is 1. The van der Waals surface area contributed by atoms with Gasteiger partial charge in [0.05, 0.1) is 0 Å². The first-order valence-corrected chi connectivity index (χ1v) is 6.72. The standard InChI is InChI=1S/C16H14N2O2/c19-15-12-6-5-11(9-13(12)17-16(15)20)18-8-7-10-3-1-2-4-14(10)18/h1-6,9,15,19H,7-8H2,(H,17,20). The summed E-state index contributed by atoms with van der Waals surface area (Å²) in [5, 5.41) is 12.5. The van der Waals surface area contributed by atoms with Gasteiger partial charge in [0.1, 0.15) is 0 Å². The van der Waals surface area contributed by atoms with Crippen molar-refractivity contribution in [3.63, 3.8) is 0 Å². The van der Waals surface area contributed by atoms with Crippen LogP contribution in [0.25, 0.3) is 0 Å². The Hall–Kier alpha value is -2.33. The Morgan fingerprint density at radius 1 is 1.20 bits per heavy atom. The van der Waals surface area contributed by atoms with Crippen LogP contribution in [0.1, 0.15) is 17.2 Å². The summed E-state index contributed by atoms with van der Waals surface area (Å²) in [7, 11) is 0. The van der Waals surface area contributed by atoms with Crippen molar-refractivity contribution >= 4 is 23.0 Å². The average Bonchev–Trinajstić information content (AvgIpc) is 3.01. The van der Waals surface area contributed by atoms with Crippen LogP contribution in [0.3, 0.4) is 0 Å². The van der Waals surface area contributed by atoms with E-state index in [2.05, 4.69) is 28.4 Å². The minimum absolute atomic E-state index is 0.348. The van der Waals surface area contributed by atoms with E-state index in [0.29, 0.717) is 11.3 Å². The molecule has 0 bridgehead atoms. The van der Waals surface area contributed by atoms with Gasteiger partial charge in [0.25, 0.3) is 5.91 Å². The van der Waals surface area contributed by atoms with E-state index < -0.39 is 6.10 Å². The maximum atomic E-state index is 11.5. The zero-order valence-corrected chi connectivity index (χ0v) is 10.8. The molecule has 0 saturated carbocycles. The smallest absolute Gasteiger partial charge is 0.257 e. The molecular formula is C16H14N2O2. The minimum atomic E-state index is -1.04. The molecule has 1 amide bonds. The highest BCUT2D eigenvalue weighted by molar-refractivity contribution is 6.02. The molecule has 0 radical (unpaired) electrons. The summed E-state index contributed by atoms with van der Waals surface area (Å²) in [6.45, 7) is 0.939. The van der Waals surface area contributed by atoms with Crippen molar-refractivity contribution in [1.29, 1.82) is 0 Å². The lowest BCUT2D eigenvalue weighted by atomic mass is 10.1. The van der Waals surface area contributed by atoms with Crippen LogP contribution in [-0.4, -0.2) is 17.6 Å². The number of carbonyl (C=O) groups is 1. The molecule has 0 aromatic heterocycles. The normalized spacial score (nSPS) is 19.8. The van der Waals surface area contributed by atoms with Crippen LogP contribution < -0.4 is 10.2 Å². The molecule has 0 fully saturated rings. The largest absolute Gasteiger partial charge is 0.378 e. The number of anilines is 3. The number of para-hydroxylation sites is 1. The fraction of sp³-hybridized carbons (Fsp3) is 0.188. The van der Waals surface area contributed by atoms with Crippen molar-refractivity contribution in [2.45, 2.75) is 12.5 Å². The molecule has 4 nitrogen and oxygen atoms in total. The van der Waals surface area contributed by atoms with Crippen molar-refractivity contribution in [2.24, 2.45) is 0 Å². The molecule has 2 aromatic carbocycles. The van der Waals surface area contributed by atoms with Crippen LogP contribution in [0, 0.1) is 0 Å². The van der Waals surface area contributed by atoms with Crippen molar-refractivity contribution in [2.75, 3.05) is 16.8 Å². The van der Waals surface area contributed by atoms with E-state index in [1.54, 1.807) is 0 Å². The van der Waals surface area contributed by atoms with Crippen LogP contribution in [0.15, 0.2) is 42.5 Å². The lowest BCUT2D eigenvalue weighted by molar-refractivity contribution is -0.123. The highest BCUT2D eigenvalue weighted by Gasteiger charge is 2.29. The zero-order chi connectivity index (χ0) is 13.7. The maximum absolute atomic E-state index is 11.5. The topological polar surface area (TPSA) is 52.6 Å². The summed E-state index contributed by atoms with van der Waals surface area (Å²) >= 11 is 0. The van der Waals surface area contributed by atoms with E-state index in [0.717, 1.165) is 18.7 Å². The molecule has 0 aliphatic carbocycles. The summed E-state index contributed by atoms with van der Waals surface area (Å²) < 4.78 is 0. The lowest BCUT2D eigenvalue weighted by Crippen LogP contribution is -2.13. The Labute approximate surface area is 116 Å². The Balaban J connectivity index is 1.75. The van der Waals surface area contributed by atoms with Gasteiger partial charge >= 0.3 is 0 Å². The van der Waals surface area contributed by atoms with E-state index in [-0.39, 0.29) is 5.91 Å². The van der Waals surface area contributed by atoms with Crippen LogP contribution in [0.4, 0.5) is 17.1 Å². The molecule has 4 heteroatoms. The molecule has 0 spiro atoms. The fourth-order valence-electron chi connectivity index (χ4n) is 3.01. The number of rotatable bonds is 1. The van der Waals surface area contributed by atoms with E-state index >= 15 is 0 Å². The second-order valence-electron chi connectivity index (χ2n) is 5.19. The maximum Gasteiger partial charge on any atom is 0.257 e. The van der Waals surface area contributed by atoms with Crippen LogP contribution in [0.2, 0.25) is 0 Å². The summed E-state index contributed by atoms with van der Waals surface area (Å²) in [5.74, 6) is -0.348. The first-order chi connectivity index (χ1) is 9.74. The van der Waals surface area contributed by atoms with Gasteiger partial charge in [0.15, 0.2) is 6.10 Å². The number of fused-ring (bicyclic) bond motifs is 2. The quantitative estimate of drug-likeness (QED) is 0.833. The second-order valence-corrected chi connectivity index (χ2v) is 5.19. The third-order valence-corrected chi connectivity index (χ3v) is 4.04. The predicted octanol–water partition coefficient (Wildman–Crippen LogP) is 2.37. The van der Waals surface area contributed by atoms with E-state index in [1.807, 2.05) is 24.3 Å². The Morgan fingerprint density at radius 3 is 2.95 bits per heavy atom. The third-order valence-electron chi connectivity index (χ3n) is 4.04. The van der Waals surface area contributed by atoms with E-state index in [9.17, 15) is 9.90 Å². The van der Waals surface area contributed by atoms with E-state index in [1.165, 1.54) is 11.3 Å². The third kappa shape index (κ3) is 1.55. The molecule has 4 rings (SSSR count). The number of hydrogen-bond donors (Lipinski definition) is 2. The van der Waals surface area contributed by atoms with Gasteiger partial charge in [-0.25, -0.2) is 0 Å². The molecule has 2 aromatic rings. The SMILES string of the molecule is O=C1Nc2cc(N3CCc4ccccc43)ccc2C1O. The molecule has 0 saturated heterocycles. The molecule has 1 unspecified atom stereocenters. The molecule has 100 valence electrons. The molecular weight excluding hydrogens is 252 g/mol. The number of carbonyl (C=O) groups excluding carboxylic acids is 1. The van der Waals surface area contributed by atoms with E-state index in [4.69, 9.17) is 0 Å². The number of aliphatic hydroxyl groups excluding tert-OH is 1. The molecule has 2 heterocycles. The van der Waals surface area contributed by atoms with Crippen LogP contribution in [-0.2, 0) is 11.2 Å². The minimum Gasteiger partial charge on any atom is -0.378 e. The van der Waals surface area contributed by atoms with Crippen LogP contribution in [0.5, 0.6) is 0 Å². The highest BCUT2D eigenvalue weighted by atomic mass is 16.3. The lowest BCUT2D eigenvalue weighted by Gasteiger charge is -2.20. The van der Waals surface area contributed by atoms with Crippen molar-refractivity contribution in [3.05, 3.63) is 53.6 Å². The van der Waals surface area contributed by atoms with Gasteiger partial charge in [-0.15, -0.1) is 0 Å². The van der Waals surface area contributed by atoms with Crippen molar-refractivity contribution in [3.8, 4) is 0 Å². The van der Waals surface area contributed by atoms with Crippen molar-refractivity contribution in [1.82, 2.24) is 0 Å². The number of amides is 1. The number of nitrogens with one attached hydrogen (secondary N) is 1. The summed E-state index contributed by atoms with van der Waals surface area (Å²) in [4.78, 5) is 13.7. The van der Waals surface area contributed by atoms with Crippen LogP contribution >= 0.6 is 0 Å². The van der Waals surface area contributed by atoms with Gasteiger partial charge in [-0.1, -0.05) is 24.3 Å². The van der Waals surface area contributed by atoms with Gasteiger partial charge in [0.2, 0.25) is 0 Å². The Bertz CT molecular complexity index is 711. The fourth-order valence-corrected chi connectivity index (χ4v) is 3.01. The first-order valence-electron chi connectivity index (χ1n) is 6.72. The van der Waals surface area contributed by atoms with Gasteiger partial charge < -0.3 is 15.3 Å². The molecule has 2 aliphatic rings. The average molecular weight is 266 g/mol. The Morgan fingerprint density at radius 2 is 2.05 bits per heavy atom. The monoisotopic (exact) mass is 266 g/mol. The number of nitrogens with zero attached hydrogens (tertiary/aromatic N) is 1. The summed E-state index contributed by atoms with van der Waals surface area (Å²) in [6.07, 6.45) is -0.00711. The first kappa shape index (κ1) is 11.5. The molecule has 1 atom stereocenters. The van der Waals surface area contributed by atoms with Gasteiger partial charge in [-0.2, -0.15) is 0 Å². The Kier molecular flexibility index (Phi) is 2.35. The highest BCUT2D eigenvalue weighted by Crippen LogP contribution is 2.39. The molecule has 2 N–H and O–H groups in total. The van der Waals surface area contributed by atoms with Gasteiger partial charge in [-0.05, 0) is 30.2 Å². The van der Waals surface area contributed by atoms with Gasteiger partial charge in [-0.3, -0.25) is 4.79 Å². The summed E-state index contributed by atoms with van der Waals surface area (Å²) in [6, 6.07) is 14.1. The molecule has 20 heavy (non-hydrogen) atoms. The second kappa shape index (κ2) is 4.08.